The Morgan fingerprint density at radius 3 is 2.78 bits per heavy atom. The number of hydrogen-bond acceptors (Lipinski definition) is 3. The van der Waals surface area contributed by atoms with Crippen molar-refractivity contribution in [3.8, 4) is 0 Å². The molecule has 1 fully saturated rings. The number of aryl methyl sites for hydroxylation is 1. The van der Waals surface area contributed by atoms with Crippen molar-refractivity contribution in [3.63, 3.8) is 0 Å². The van der Waals surface area contributed by atoms with E-state index in [1.165, 1.54) is 0 Å². The van der Waals surface area contributed by atoms with Gasteiger partial charge in [-0.15, -0.1) is 0 Å². The lowest BCUT2D eigenvalue weighted by atomic mass is 10.0. The van der Waals surface area contributed by atoms with Crippen LogP contribution in [0.3, 0.4) is 0 Å². The molecular formula is C12H17N3O3. The minimum Gasteiger partial charge on any atom is -0.481 e. The highest BCUT2D eigenvalue weighted by Gasteiger charge is 2.33. The summed E-state index contributed by atoms with van der Waals surface area (Å²) < 4.78 is 0. The van der Waals surface area contributed by atoms with Gasteiger partial charge >= 0.3 is 5.97 Å². The summed E-state index contributed by atoms with van der Waals surface area (Å²) in [6.07, 6.45) is 2.46. The summed E-state index contributed by atoms with van der Waals surface area (Å²) in [5.41, 5.74) is 0.958. The van der Waals surface area contributed by atoms with Crippen molar-refractivity contribution in [2.45, 2.75) is 32.6 Å². The topological polar surface area (TPSA) is 95.1 Å². The van der Waals surface area contributed by atoms with Crippen LogP contribution in [0, 0.1) is 11.8 Å². The molecule has 98 valence electrons. The Hall–Kier alpha value is -1.85. The van der Waals surface area contributed by atoms with E-state index in [0.717, 1.165) is 12.1 Å². The van der Waals surface area contributed by atoms with Crippen LogP contribution in [0.15, 0.2) is 6.07 Å². The first-order valence-electron chi connectivity index (χ1n) is 6.18. The highest BCUT2D eigenvalue weighted by molar-refractivity contribution is 5.92. The van der Waals surface area contributed by atoms with Gasteiger partial charge in [0.1, 0.15) is 0 Å². The van der Waals surface area contributed by atoms with E-state index in [1.807, 2.05) is 6.92 Å². The fourth-order valence-electron chi connectivity index (χ4n) is 2.28. The minimum atomic E-state index is -0.807. The molecule has 18 heavy (non-hydrogen) atoms. The van der Waals surface area contributed by atoms with E-state index < -0.39 is 5.97 Å². The lowest BCUT2D eigenvalue weighted by Crippen LogP contribution is -2.21. The van der Waals surface area contributed by atoms with Gasteiger partial charge in [0, 0.05) is 17.7 Å². The van der Waals surface area contributed by atoms with Crippen molar-refractivity contribution in [2.75, 3.05) is 5.32 Å². The molecule has 3 N–H and O–H groups in total. The van der Waals surface area contributed by atoms with E-state index in [1.54, 1.807) is 6.07 Å². The number of amides is 1. The zero-order valence-corrected chi connectivity index (χ0v) is 10.3. The molecule has 0 unspecified atom stereocenters. The quantitative estimate of drug-likeness (QED) is 0.754. The number of aromatic nitrogens is 2. The summed E-state index contributed by atoms with van der Waals surface area (Å²) in [6, 6.07) is 1.79. The maximum absolute atomic E-state index is 11.9. The Kier molecular flexibility index (Phi) is 3.64. The van der Waals surface area contributed by atoms with Crippen LogP contribution in [-0.2, 0) is 16.0 Å². The minimum absolute atomic E-state index is 0.132. The molecule has 0 saturated heterocycles. The predicted molar refractivity (Wildman–Crippen MR) is 65.1 cm³/mol. The summed E-state index contributed by atoms with van der Waals surface area (Å²) >= 11 is 0. The summed E-state index contributed by atoms with van der Waals surface area (Å²) in [7, 11) is 0. The van der Waals surface area contributed by atoms with Crippen LogP contribution in [0.2, 0.25) is 0 Å². The van der Waals surface area contributed by atoms with E-state index in [9.17, 15) is 9.59 Å². The van der Waals surface area contributed by atoms with Crippen LogP contribution in [0.1, 0.15) is 31.9 Å². The molecule has 1 aliphatic rings. The van der Waals surface area contributed by atoms with Gasteiger partial charge in [-0.1, -0.05) is 6.92 Å². The third-order valence-electron chi connectivity index (χ3n) is 3.42. The maximum atomic E-state index is 11.9. The summed E-state index contributed by atoms with van der Waals surface area (Å²) in [4.78, 5) is 22.7. The SMILES string of the molecule is CCc1cc(NC(=O)[C@@H]2CC[C@H](C(=O)O)C2)n[nH]1. The second-order valence-electron chi connectivity index (χ2n) is 4.67. The largest absolute Gasteiger partial charge is 0.481 e. The van der Waals surface area contributed by atoms with E-state index in [-0.39, 0.29) is 17.7 Å². The standard InChI is InChI=1S/C12H17N3O3/c1-2-9-6-10(15-14-9)13-11(16)7-3-4-8(5-7)12(17)18/h6-8H,2-5H2,1H3,(H,17,18)(H2,13,14,15,16)/t7-,8+/m1/s1. The van der Waals surface area contributed by atoms with Gasteiger partial charge in [0.05, 0.1) is 5.92 Å². The van der Waals surface area contributed by atoms with Crippen LogP contribution < -0.4 is 5.32 Å². The lowest BCUT2D eigenvalue weighted by molar-refractivity contribution is -0.141. The fourth-order valence-corrected chi connectivity index (χ4v) is 2.28. The molecule has 0 spiro atoms. The summed E-state index contributed by atoms with van der Waals surface area (Å²) in [6.45, 7) is 1.99. The molecule has 0 bridgehead atoms. The van der Waals surface area contributed by atoms with Crippen LogP contribution in [0.4, 0.5) is 5.82 Å². The molecule has 1 amide bonds. The van der Waals surface area contributed by atoms with Gasteiger partial charge in [-0.25, -0.2) is 0 Å². The number of nitrogens with one attached hydrogen (secondary N) is 2. The molecule has 1 saturated carbocycles. The average molecular weight is 251 g/mol. The Bertz CT molecular complexity index is 455. The van der Waals surface area contributed by atoms with Crippen molar-refractivity contribution in [2.24, 2.45) is 11.8 Å². The number of carbonyl (C=O) groups is 2. The first-order valence-corrected chi connectivity index (χ1v) is 6.18. The first kappa shape index (κ1) is 12.6. The highest BCUT2D eigenvalue weighted by Crippen LogP contribution is 2.31. The van der Waals surface area contributed by atoms with Gasteiger partial charge < -0.3 is 10.4 Å². The van der Waals surface area contributed by atoms with Crippen molar-refractivity contribution < 1.29 is 14.7 Å². The number of aliphatic carboxylic acids is 1. The number of carbonyl (C=O) groups excluding carboxylic acids is 1. The Morgan fingerprint density at radius 1 is 1.50 bits per heavy atom. The number of carboxylic acids is 1. The second kappa shape index (κ2) is 5.20. The number of carboxylic acid groups (broad SMARTS) is 1. The van der Waals surface area contributed by atoms with Gasteiger partial charge in [0.2, 0.25) is 5.91 Å². The third-order valence-corrected chi connectivity index (χ3v) is 3.42. The smallest absolute Gasteiger partial charge is 0.306 e. The van der Waals surface area contributed by atoms with Gasteiger partial charge in [-0.3, -0.25) is 14.7 Å². The fraction of sp³-hybridized carbons (Fsp3) is 0.583. The molecule has 0 aliphatic heterocycles. The molecule has 1 aliphatic carbocycles. The van der Waals surface area contributed by atoms with Crippen LogP contribution in [-0.4, -0.2) is 27.2 Å². The average Bonchev–Trinajstić information content (AvgIpc) is 2.97. The molecule has 1 heterocycles. The normalized spacial score (nSPS) is 22.9. The number of aromatic amines is 1. The first-order chi connectivity index (χ1) is 8.60. The number of hydrogen-bond donors (Lipinski definition) is 3. The van der Waals surface area contributed by atoms with E-state index in [0.29, 0.717) is 25.1 Å². The van der Waals surface area contributed by atoms with E-state index in [4.69, 9.17) is 5.11 Å². The van der Waals surface area contributed by atoms with E-state index >= 15 is 0 Å². The van der Waals surface area contributed by atoms with Gasteiger partial charge in [0.15, 0.2) is 5.82 Å². The number of nitrogens with zero attached hydrogens (tertiary/aromatic N) is 1. The van der Waals surface area contributed by atoms with Crippen molar-refractivity contribution in [1.82, 2.24) is 10.2 Å². The third kappa shape index (κ3) is 2.69. The Morgan fingerprint density at radius 2 is 2.22 bits per heavy atom. The maximum Gasteiger partial charge on any atom is 0.306 e. The van der Waals surface area contributed by atoms with Crippen molar-refractivity contribution in [1.29, 1.82) is 0 Å². The lowest BCUT2D eigenvalue weighted by Gasteiger charge is -2.08. The van der Waals surface area contributed by atoms with Crippen molar-refractivity contribution >= 4 is 17.7 Å². The molecule has 1 aromatic heterocycles. The molecule has 1 aromatic rings. The number of H-pyrrole nitrogens is 1. The molecule has 0 aromatic carbocycles. The molecule has 2 atom stereocenters. The second-order valence-corrected chi connectivity index (χ2v) is 4.67. The Balaban J connectivity index is 1.91. The molecular weight excluding hydrogens is 234 g/mol. The molecule has 6 heteroatoms. The zero-order chi connectivity index (χ0) is 13.1. The summed E-state index contributed by atoms with van der Waals surface area (Å²) in [5, 5.41) is 18.4. The number of rotatable bonds is 4. The number of anilines is 1. The monoisotopic (exact) mass is 251 g/mol. The summed E-state index contributed by atoms with van der Waals surface area (Å²) in [5.74, 6) is -1.03. The van der Waals surface area contributed by atoms with E-state index in [2.05, 4.69) is 15.5 Å². The zero-order valence-electron chi connectivity index (χ0n) is 10.3. The molecule has 6 nitrogen and oxygen atoms in total. The van der Waals surface area contributed by atoms with Gasteiger partial charge in [-0.05, 0) is 25.7 Å². The van der Waals surface area contributed by atoms with Crippen LogP contribution in [0.5, 0.6) is 0 Å². The van der Waals surface area contributed by atoms with Crippen LogP contribution in [0.25, 0.3) is 0 Å². The van der Waals surface area contributed by atoms with Gasteiger partial charge in [0.25, 0.3) is 0 Å². The Labute approximate surface area is 105 Å². The highest BCUT2D eigenvalue weighted by atomic mass is 16.4. The van der Waals surface area contributed by atoms with Crippen LogP contribution >= 0.6 is 0 Å². The van der Waals surface area contributed by atoms with Gasteiger partial charge in [-0.2, -0.15) is 5.10 Å². The molecule has 2 rings (SSSR count). The molecule has 0 radical (unpaired) electrons. The van der Waals surface area contributed by atoms with Crippen molar-refractivity contribution in [3.05, 3.63) is 11.8 Å². The predicted octanol–water partition coefficient (Wildman–Crippen LogP) is 1.41.